The van der Waals surface area contributed by atoms with Crippen LogP contribution in [-0.2, 0) is 4.79 Å². The summed E-state index contributed by atoms with van der Waals surface area (Å²) >= 11 is 6.71. The molecule has 4 rings (SSSR count). The number of rotatable bonds is 5. The van der Waals surface area contributed by atoms with Crippen molar-refractivity contribution < 1.29 is 4.79 Å². The number of ketones is 1. The molecule has 2 unspecified atom stereocenters. The van der Waals surface area contributed by atoms with E-state index in [2.05, 4.69) is 27.4 Å². The zero-order valence-electron chi connectivity index (χ0n) is 19.3. The lowest BCUT2D eigenvalue weighted by Crippen LogP contribution is -2.54. The first kappa shape index (κ1) is 21.9. The molecule has 2 heteroatoms. The molecule has 4 saturated carbocycles. The Kier molecular flexibility index (Phi) is 6.04. The van der Waals surface area contributed by atoms with Gasteiger partial charge in [-0.05, 0) is 123 Å². The fraction of sp³-hybridized carbons (Fsp3) is 0.889. The molecule has 4 aliphatic rings. The van der Waals surface area contributed by atoms with Gasteiger partial charge in [-0.25, -0.2) is 0 Å². The predicted octanol–water partition coefficient (Wildman–Crippen LogP) is 7.81. The number of carbonyl (C=O) groups excluding carboxylic acids is 1. The van der Waals surface area contributed by atoms with Crippen molar-refractivity contribution in [2.75, 3.05) is 0 Å². The molecule has 0 amide bonds. The highest BCUT2D eigenvalue weighted by Crippen LogP contribution is 2.68. The standard InChI is InChI=1S/C27H43ClO/c1-17(2)25(29)13-6-18(3)22-11-12-23-21-10-8-19-7-9-20(28)16-27(19,5)24(21)14-15-26(22,23)4/h18-24H,1,6-16H2,2-5H3/t18-,19?,20?,21+,22-,23+,24+,26-,27+/m1/s1. The van der Waals surface area contributed by atoms with E-state index >= 15 is 0 Å². The molecule has 0 aromatic carbocycles. The average Bonchev–Trinajstić information content (AvgIpc) is 3.02. The summed E-state index contributed by atoms with van der Waals surface area (Å²) in [4.78, 5) is 12.1. The molecule has 1 nitrogen and oxygen atoms in total. The first-order chi connectivity index (χ1) is 13.7. The fourth-order valence-corrected chi connectivity index (χ4v) is 9.50. The Morgan fingerprint density at radius 3 is 2.45 bits per heavy atom. The highest BCUT2D eigenvalue weighted by molar-refractivity contribution is 6.20. The summed E-state index contributed by atoms with van der Waals surface area (Å²) in [5.74, 6) is 5.36. The summed E-state index contributed by atoms with van der Waals surface area (Å²) in [6.07, 6.45) is 14.1. The van der Waals surface area contributed by atoms with E-state index in [1.54, 1.807) is 0 Å². The monoisotopic (exact) mass is 418 g/mol. The first-order valence-electron chi connectivity index (χ1n) is 12.5. The van der Waals surface area contributed by atoms with Crippen LogP contribution in [0.3, 0.4) is 0 Å². The van der Waals surface area contributed by atoms with Gasteiger partial charge in [0.2, 0.25) is 0 Å². The Morgan fingerprint density at radius 1 is 1.03 bits per heavy atom. The van der Waals surface area contributed by atoms with Crippen LogP contribution < -0.4 is 0 Å². The molecule has 4 aliphatic carbocycles. The molecular formula is C27H43ClO. The quantitative estimate of drug-likeness (QED) is 0.328. The fourth-order valence-electron chi connectivity index (χ4n) is 9.04. The predicted molar refractivity (Wildman–Crippen MR) is 123 cm³/mol. The number of fused-ring (bicyclic) bond motifs is 5. The van der Waals surface area contributed by atoms with E-state index in [1.807, 2.05) is 6.92 Å². The summed E-state index contributed by atoms with van der Waals surface area (Å²) in [7, 11) is 0. The topological polar surface area (TPSA) is 17.1 Å². The van der Waals surface area contributed by atoms with Gasteiger partial charge in [-0.1, -0.05) is 27.4 Å². The smallest absolute Gasteiger partial charge is 0.157 e. The second kappa shape index (κ2) is 7.99. The molecule has 164 valence electrons. The Labute approximate surface area is 184 Å². The number of carbonyl (C=O) groups is 1. The molecular weight excluding hydrogens is 376 g/mol. The molecule has 0 heterocycles. The lowest BCUT2D eigenvalue weighted by Gasteiger charge is -2.61. The SMILES string of the molecule is C=C(C)C(=O)CC[C@@H](C)[C@H]1CC[C@H]2[C@@H]3CCC4CCC(Cl)C[C@]4(C)[C@H]3CC[C@]12C. The molecule has 0 bridgehead atoms. The summed E-state index contributed by atoms with van der Waals surface area (Å²) in [5.41, 5.74) is 1.71. The van der Waals surface area contributed by atoms with Crippen molar-refractivity contribution in [3.8, 4) is 0 Å². The van der Waals surface area contributed by atoms with Crippen LogP contribution in [0.5, 0.6) is 0 Å². The Balaban J connectivity index is 1.48. The summed E-state index contributed by atoms with van der Waals surface area (Å²) in [6, 6.07) is 0. The van der Waals surface area contributed by atoms with Crippen LogP contribution in [-0.4, -0.2) is 11.2 Å². The van der Waals surface area contributed by atoms with Crippen LogP contribution in [0.4, 0.5) is 0 Å². The van der Waals surface area contributed by atoms with Crippen LogP contribution in [0.2, 0.25) is 0 Å². The maximum atomic E-state index is 12.1. The average molecular weight is 419 g/mol. The molecule has 0 radical (unpaired) electrons. The highest BCUT2D eigenvalue weighted by Gasteiger charge is 2.60. The first-order valence-corrected chi connectivity index (χ1v) is 12.9. The molecule has 0 spiro atoms. The number of allylic oxidation sites excluding steroid dienone is 1. The minimum Gasteiger partial charge on any atom is -0.295 e. The molecule has 4 fully saturated rings. The molecule has 0 aromatic rings. The second-order valence-electron chi connectivity index (χ2n) is 12.0. The lowest BCUT2D eigenvalue weighted by molar-refractivity contribution is -0.117. The third-order valence-corrected chi connectivity index (χ3v) is 11.0. The van der Waals surface area contributed by atoms with E-state index in [4.69, 9.17) is 11.6 Å². The van der Waals surface area contributed by atoms with Crippen molar-refractivity contribution >= 4 is 17.4 Å². The normalized spacial score (nSPS) is 47.6. The third kappa shape index (κ3) is 3.66. The van der Waals surface area contributed by atoms with Crippen molar-refractivity contribution in [2.24, 2.45) is 46.3 Å². The zero-order valence-corrected chi connectivity index (χ0v) is 20.1. The number of Topliss-reactive ketones (excluding diaryl/α,β-unsaturated/α-hetero) is 1. The Hall–Kier alpha value is -0.300. The van der Waals surface area contributed by atoms with Crippen molar-refractivity contribution in [1.29, 1.82) is 0 Å². The maximum absolute atomic E-state index is 12.1. The molecule has 9 atom stereocenters. The van der Waals surface area contributed by atoms with E-state index in [-0.39, 0.29) is 5.78 Å². The van der Waals surface area contributed by atoms with Crippen LogP contribution in [0, 0.1) is 46.3 Å². The van der Waals surface area contributed by atoms with E-state index in [0.29, 0.717) is 28.5 Å². The van der Waals surface area contributed by atoms with Gasteiger partial charge in [-0.2, -0.15) is 0 Å². The number of hydrogen-bond donors (Lipinski definition) is 0. The van der Waals surface area contributed by atoms with Crippen LogP contribution >= 0.6 is 11.6 Å². The summed E-state index contributed by atoms with van der Waals surface area (Å²) in [5, 5.41) is 0.408. The molecule has 0 aromatic heterocycles. The van der Waals surface area contributed by atoms with Crippen molar-refractivity contribution in [3.05, 3.63) is 12.2 Å². The van der Waals surface area contributed by atoms with Crippen LogP contribution in [0.1, 0.15) is 98.3 Å². The highest BCUT2D eigenvalue weighted by atomic mass is 35.5. The van der Waals surface area contributed by atoms with Gasteiger partial charge in [0, 0.05) is 11.8 Å². The van der Waals surface area contributed by atoms with Gasteiger partial charge < -0.3 is 0 Å². The van der Waals surface area contributed by atoms with Gasteiger partial charge in [0.05, 0.1) is 0 Å². The maximum Gasteiger partial charge on any atom is 0.157 e. The Morgan fingerprint density at radius 2 is 1.72 bits per heavy atom. The van der Waals surface area contributed by atoms with Gasteiger partial charge in [0.1, 0.15) is 0 Å². The number of hydrogen-bond acceptors (Lipinski definition) is 1. The van der Waals surface area contributed by atoms with Gasteiger partial charge in [0.25, 0.3) is 0 Å². The number of halogens is 1. The molecule has 0 aliphatic heterocycles. The minimum absolute atomic E-state index is 0.263. The lowest BCUT2D eigenvalue weighted by atomic mass is 9.44. The van der Waals surface area contributed by atoms with Crippen molar-refractivity contribution in [2.45, 2.75) is 104 Å². The summed E-state index contributed by atoms with van der Waals surface area (Å²) in [6.45, 7) is 13.4. The Bertz CT molecular complexity index is 655. The summed E-state index contributed by atoms with van der Waals surface area (Å²) < 4.78 is 0. The van der Waals surface area contributed by atoms with E-state index in [1.165, 1.54) is 57.8 Å². The van der Waals surface area contributed by atoms with E-state index < -0.39 is 0 Å². The van der Waals surface area contributed by atoms with E-state index in [0.717, 1.165) is 41.6 Å². The molecule has 0 saturated heterocycles. The van der Waals surface area contributed by atoms with Crippen molar-refractivity contribution in [3.63, 3.8) is 0 Å². The van der Waals surface area contributed by atoms with Gasteiger partial charge in [0.15, 0.2) is 5.78 Å². The molecule has 29 heavy (non-hydrogen) atoms. The van der Waals surface area contributed by atoms with Crippen molar-refractivity contribution in [1.82, 2.24) is 0 Å². The van der Waals surface area contributed by atoms with Gasteiger partial charge in [-0.3, -0.25) is 4.79 Å². The van der Waals surface area contributed by atoms with Gasteiger partial charge >= 0.3 is 0 Å². The minimum atomic E-state index is 0.263. The zero-order chi connectivity index (χ0) is 21.0. The van der Waals surface area contributed by atoms with E-state index in [9.17, 15) is 4.79 Å². The largest absolute Gasteiger partial charge is 0.295 e. The van der Waals surface area contributed by atoms with Crippen LogP contribution in [0.15, 0.2) is 12.2 Å². The van der Waals surface area contributed by atoms with Gasteiger partial charge in [-0.15, -0.1) is 11.6 Å². The number of alkyl halides is 1. The van der Waals surface area contributed by atoms with Crippen LogP contribution in [0.25, 0.3) is 0 Å². The second-order valence-corrected chi connectivity index (χ2v) is 12.6. The molecule has 0 N–H and O–H groups in total. The third-order valence-electron chi connectivity index (χ3n) is 10.6.